The quantitative estimate of drug-likeness (QED) is 0.156. The molecule has 1 saturated heterocycles. The van der Waals surface area contributed by atoms with E-state index in [9.17, 15) is 9.59 Å². The second kappa shape index (κ2) is 13.6. The molecule has 262 valence electrons. The number of hydrogen-bond donors (Lipinski definition) is 1. The van der Waals surface area contributed by atoms with E-state index in [4.69, 9.17) is 29.0 Å². The third kappa shape index (κ3) is 6.30. The van der Waals surface area contributed by atoms with Crippen LogP contribution in [0.2, 0.25) is 0 Å². The van der Waals surface area contributed by atoms with E-state index in [1.807, 2.05) is 0 Å². The molecule has 5 aliphatic carbocycles. The molecule has 9 heteroatoms. The average Bonchev–Trinajstić information content (AvgIpc) is 3.38. The van der Waals surface area contributed by atoms with Crippen LogP contribution >= 0.6 is 0 Å². The van der Waals surface area contributed by atoms with Crippen LogP contribution in [-0.4, -0.2) is 48.8 Å². The second-order valence-corrected chi connectivity index (χ2v) is 16.5. The third-order valence-electron chi connectivity index (χ3n) is 13.9. The van der Waals surface area contributed by atoms with Gasteiger partial charge in [0.2, 0.25) is 11.6 Å². The zero-order chi connectivity index (χ0) is 32.7. The number of nitrogens with one attached hydrogen (secondary N) is 1. The van der Waals surface area contributed by atoms with Gasteiger partial charge in [-0.25, -0.2) is 0 Å². The maximum atomic E-state index is 12.7. The normalized spacial score (nSPS) is 41.7. The van der Waals surface area contributed by atoms with Crippen molar-refractivity contribution in [2.24, 2.45) is 46.3 Å². The predicted molar refractivity (Wildman–Crippen MR) is 172 cm³/mol. The Morgan fingerprint density at radius 1 is 0.848 bits per heavy atom. The highest BCUT2D eigenvalue weighted by molar-refractivity contribution is 5.66. The van der Waals surface area contributed by atoms with Crippen LogP contribution in [0.3, 0.4) is 0 Å². The van der Waals surface area contributed by atoms with E-state index in [1.54, 1.807) is 13.8 Å². The van der Waals surface area contributed by atoms with Crippen molar-refractivity contribution in [2.75, 3.05) is 13.1 Å². The zero-order valence-corrected chi connectivity index (χ0v) is 29.4. The van der Waals surface area contributed by atoms with E-state index in [1.165, 1.54) is 6.42 Å². The molecule has 46 heavy (non-hydrogen) atoms. The Kier molecular flexibility index (Phi) is 10.2. The molecule has 10 atom stereocenters. The summed E-state index contributed by atoms with van der Waals surface area (Å²) >= 11 is 0. The number of esters is 2. The SMILES string of the molecule is CCCNCCC[C@@H](C)[C@H]1CC[C@H]2[C@@H]3[C@H](OC(C)=O)C[C@@H]4CC5(CC[C@]4(C)[C@H]3C[C@H](OC(C)=O)[C@]12C)OOC1(CCCCC1)OO5. The lowest BCUT2D eigenvalue weighted by atomic mass is 9.42. The van der Waals surface area contributed by atoms with Crippen LogP contribution in [-0.2, 0) is 38.6 Å². The number of fused-ring (bicyclic) bond motifs is 5. The summed E-state index contributed by atoms with van der Waals surface area (Å²) in [7, 11) is 0. The lowest BCUT2D eigenvalue weighted by Crippen LogP contribution is -2.65. The van der Waals surface area contributed by atoms with E-state index in [2.05, 4.69) is 33.0 Å². The van der Waals surface area contributed by atoms with Crippen molar-refractivity contribution in [1.82, 2.24) is 5.32 Å². The zero-order valence-electron chi connectivity index (χ0n) is 29.4. The van der Waals surface area contributed by atoms with Crippen molar-refractivity contribution in [3.63, 3.8) is 0 Å². The van der Waals surface area contributed by atoms with Gasteiger partial charge in [0.15, 0.2) is 0 Å². The van der Waals surface area contributed by atoms with Gasteiger partial charge in [0.25, 0.3) is 0 Å². The summed E-state index contributed by atoms with van der Waals surface area (Å²) in [6.45, 7) is 14.6. The van der Waals surface area contributed by atoms with E-state index >= 15 is 0 Å². The highest BCUT2D eigenvalue weighted by Crippen LogP contribution is 2.70. The van der Waals surface area contributed by atoms with Gasteiger partial charge in [0, 0.05) is 50.9 Å². The van der Waals surface area contributed by atoms with Crippen LogP contribution in [0, 0.1) is 46.3 Å². The first-order chi connectivity index (χ1) is 22.0. The topological polar surface area (TPSA) is 102 Å². The average molecular weight is 648 g/mol. The Balaban J connectivity index is 1.25. The summed E-state index contributed by atoms with van der Waals surface area (Å²) in [4.78, 5) is 49.7. The van der Waals surface area contributed by atoms with Gasteiger partial charge in [-0.05, 0) is 112 Å². The Labute approximate surface area is 276 Å². The molecule has 0 amide bonds. The monoisotopic (exact) mass is 647 g/mol. The molecule has 0 bridgehead atoms. The highest BCUT2D eigenvalue weighted by Gasteiger charge is 2.69. The standard InChI is InChI=1S/C37H61NO8/c1-7-19-38-20-11-12-24(2)28-13-14-29-33-30(22-32(35(28,29)6)42-26(4)40)34(5)17-18-37(23-27(34)21-31(33)41-25(3)39)45-43-36(44-46-37)15-9-8-10-16-36/h24,27-33,38H,7-23H2,1-6H3/t24-,27-,28-,29+,30+,31-,32+,33+,34+,35-/m1/s1. The molecule has 1 aliphatic heterocycles. The smallest absolute Gasteiger partial charge is 0.302 e. The van der Waals surface area contributed by atoms with Gasteiger partial charge in [-0.2, -0.15) is 19.6 Å². The van der Waals surface area contributed by atoms with E-state index in [0.29, 0.717) is 30.6 Å². The number of hydrogen-bond acceptors (Lipinski definition) is 9. The number of carbonyl (C=O) groups excluding carboxylic acids is 2. The summed E-state index contributed by atoms with van der Waals surface area (Å²) in [5.74, 6) is -0.227. The van der Waals surface area contributed by atoms with E-state index in [-0.39, 0.29) is 52.7 Å². The fraction of sp³-hybridized carbons (Fsp3) is 0.946. The maximum absolute atomic E-state index is 12.7. The van der Waals surface area contributed by atoms with E-state index in [0.717, 1.165) is 90.1 Å². The summed E-state index contributed by atoms with van der Waals surface area (Å²) in [6, 6.07) is 0. The molecule has 6 fully saturated rings. The van der Waals surface area contributed by atoms with Crippen molar-refractivity contribution >= 4 is 11.9 Å². The Bertz CT molecular complexity index is 1080. The number of carbonyl (C=O) groups is 2. The van der Waals surface area contributed by atoms with Crippen LogP contribution in [0.4, 0.5) is 0 Å². The lowest BCUT2D eigenvalue weighted by Gasteiger charge is -2.65. The first-order valence-corrected chi connectivity index (χ1v) is 18.7. The van der Waals surface area contributed by atoms with Crippen molar-refractivity contribution < 1.29 is 38.6 Å². The molecule has 2 spiro atoms. The molecule has 6 aliphatic rings. The lowest BCUT2D eigenvalue weighted by molar-refractivity contribution is -0.665. The minimum Gasteiger partial charge on any atom is -0.462 e. The molecular weight excluding hydrogens is 586 g/mol. The molecule has 5 saturated carbocycles. The molecule has 0 unspecified atom stereocenters. The van der Waals surface area contributed by atoms with Gasteiger partial charge < -0.3 is 14.8 Å². The fourth-order valence-electron chi connectivity index (χ4n) is 11.5. The highest BCUT2D eigenvalue weighted by atomic mass is 17.4. The van der Waals surface area contributed by atoms with Crippen molar-refractivity contribution in [3.8, 4) is 0 Å². The van der Waals surface area contributed by atoms with Gasteiger partial charge >= 0.3 is 11.9 Å². The summed E-state index contributed by atoms with van der Waals surface area (Å²) < 4.78 is 12.7. The number of rotatable bonds is 9. The van der Waals surface area contributed by atoms with Crippen LogP contribution in [0.5, 0.6) is 0 Å². The molecule has 0 aromatic rings. The van der Waals surface area contributed by atoms with E-state index < -0.39 is 11.6 Å². The minimum atomic E-state index is -0.960. The molecule has 0 aromatic carbocycles. The van der Waals surface area contributed by atoms with Crippen molar-refractivity contribution in [3.05, 3.63) is 0 Å². The second-order valence-electron chi connectivity index (χ2n) is 16.5. The summed E-state index contributed by atoms with van der Waals surface area (Å²) in [6.07, 6.45) is 13.8. The molecule has 0 aromatic heterocycles. The van der Waals surface area contributed by atoms with Crippen LogP contribution in [0.1, 0.15) is 138 Å². The maximum Gasteiger partial charge on any atom is 0.302 e. The molecule has 9 nitrogen and oxygen atoms in total. The third-order valence-corrected chi connectivity index (χ3v) is 13.9. The van der Waals surface area contributed by atoms with Gasteiger partial charge in [0.05, 0.1) is 0 Å². The summed E-state index contributed by atoms with van der Waals surface area (Å²) in [5, 5.41) is 3.56. The minimum absolute atomic E-state index is 0.0480. The first kappa shape index (κ1) is 34.6. The predicted octanol–water partition coefficient (Wildman–Crippen LogP) is 7.41. The Hall–Kier alpha value is -1.26. The number of ether oxygens (including phenoxy) is 2. The molecule has 1 N–H and O–H groups in total. The van der Waals surface area contributed by atoms with Gasteiger partial charge in [-0.3, -0.25) is 9.59 Å². The fourth-order valence-corrected chi connectivity index (χ4v) is 11.5. The first-order valence-electron chi connectivity index (χ1n) is 18.7. The van der Waals surface area contributed by atoms with Crippen LogP contribution in [0.15, 0.2) is 0 Å². The van der Waals surface area contributed by atoms with Gasteiger partial charge in [-0.15, -0.1) is 0 Å². The van der Waals surface area contributed by atoms with Crippen LogP contribution in [0.25, 0.3) is 0 Å². The molecule has 6 rings (SSSR count). The Morgan fingerprint density at radius 2 is 1.54 bits per heavy atom. The largest absolute Gasteiger partial charge is 0.462 e. The van der Waals surface area contributed by atoms with Crippen LogP contribution < -0.4 is 5.32 Å². The Morgan fingerprint density at radius 3 is 2.22 bits per heavy atom. The van der Waals surface area contributed by atoms with Gasteiger partial charge in [0.1, 0.15) is 12.2 Å². The van der Waals surface area contributed by atoms with Gasteiger partial charge in [-0.1, -0.05) is 34.1 Å². The molecule has 0 radical (unpaired) electrons. The van der Waals surface area contributed by atoms with Crippen molar-refractivity contribution in [1.29, 1.82) is 0 Å². The molecule has 1 heterocycles. The molecular formula is C37H61NO8. The summed E-state index contributed by atoms with van der Waals surface area (Å²) in [5.41, 5.74) is -0.209. The van der Waals surface area contributed by atoms with Crippen molar-refractivity contribution in [2.45, 2.75) is 162 Å².